The van der Waals surface area contributed by atoms with Gasteiger partial charge in [-0.1, -0.05) is 51.5 Å². The van der Waals surface area contributed by atoms with E-state index in [1.165, 1.54) is 11.1 Å². The fourth-order valence-electron chi connectivity index (χ4n) is 2.85. The molecule has 5 heteroatoms. The van der Waals surface area contributed by atoms with E-state index in [9.17, 15) is 9.59 Å². The zero-order chi connectivity index (χ0) is 18.8. The third-order valence-corrected chi connectivity index (χ3v) is 4.07. The average molecular weight is 349 g/mol. The first-order chi connectivity index (χ1) is 11.8. The van der Waals surface area contributed by atoms with Gasteiger partial charge in [0.2, 0.25) is 5.91 Å². The Kier molecular flexibility index (Phi) is 9.21. The number of benzene rings is 1. The van der Waals surface area contributed by atoms with Crippen molar-refractivity contribution >= 4 is 11.8 Å². The van der Waals surface area contributed by atoms with Crippen molar-refractivity contribution in [3.8, 4) is 0 Å². The van der Waals surface area contributed by atoms with E-state index in [0.717, 1.165) is 12.8 Å². The van der Waals surface area contributed by atoms with Gasteiger partial charge in [0, 0.05) is 17.5 Å². The van der Waals surface area contributed by atoms with Crippen LogP contribution in [0.4, 0.5) is 0 Å². The van der Waals surface area contributed by atoms with Crippen LogP contribution >= 0.6 is 0 Å². The summed E-state index contributed by atoms with van der Waals surface area (Å²) in [6.45, 7) is 10.6. The first kappa shape index (κ1) is 21.2. The minimum atomic E-state index is -0.157. The maximum Gasteiger partial charge on any atom is 0.275 e. The molecule has 0 unspecified atom stereocenters. The van der Waals surface area contributed by atoms with Gasteiger partial charge in [-0.2, -0.15) is 0 Å². The van der Waals surface area contributed by atoms with Crippen LogP contribution in [0.1, 0.15) is 58.2 Å². The van der Waals surface area contributed by atoms with E-state index in [4.69, 9.17) is 0 Å². The molecule has 0 aliphatic heterocycles. The molecule has 1 aromatic rings. The molecule has 0 heterocycles. The molecule has 0 aliphatic rings. The lowest BCUT2D eigenvalue weighted by Gasteiger charge is -2.20. The number of carbonyl (C=O) groups excluding carboxylic acids is 2. The number of amides is 2. The molecule has 4 N–H and O–H groups in total. The van der Waals surface area contributed by atoms with Gasteiger partial charge in [-0.3, -0.25) is 9.59 Å². The predicted molar refractivity (Wildman–Crippen MR) is 101 cm³/mol. The Morgan fingerprint density at radius 1 is 1.04 bits per heavy atom. The second kappa shape index (κ2) is 10.9. The van der Waals surface area contributed by atoms with Crippen LogP contribution in [0.25, 0.3) is 0 Å². The van der Waals surface area contributed by atoms with Gasteiger partial charge in [-0.25, -0.2) is 0 Å². The number of hydrogen-bond donors (Lipinski definition) is 3. The Labute approximate surface area is 152 Å². The summed E-state index contributed by atoms with van der Waals surface area (Å²) in [6, 6.07) is 9.00. The molecule has 2 amide bonds. The van der Waals surface area contributed by atoms with E-state index in [1.807, 2.05) is 13.8 Å². The molecule has 0 aliphatic carbocycles. The molecule has 1 rings (SSSR count). The lowest BCUT2D eigenvalue weighted by molar-refractivity contribution is -0.692. The molecular formula is C20H34N3O2+. The largest absolute Gasteiger partial charge is 0.352 e. The first-order valence-electron chi connectivity index (χ1n) is 9.31. The number of nitrogens with one attached hydrogen (secondary N) is 2. The van der Waals surface area contributed by atoms with E-state index in [0.29, 0.717) is 12.5 Å². The van der Waals surface area contributed by atoms with Crippen molar-refractivity contribution in [2.45, 2.75) is 59.5 Å². The van der Waals surface area contributed by atoms with Crippen LogP contribution in [0.3, 0.4) is 0 Å². The monoisotopic (exact) mass is 348 g/mol. The second-order valence-electron chi connectivity index (χ2n) is 7.20. The molecule has 0 radical (unpaired) electrons. The zero-order valence-electron chi connectivity index (χ0n) is 16.3. The molecule has 0 fully saturated rings. The van der Waals surface area contributed by atoms with Crippen molar-refractivity contribution in [1.82, 2.24) is 10.6 Å². The van der Waals surface area contributed by atoms with Crippen LogP contribution < -0.4 is 16.0 Å². The van der Waals surface area contributed by atoms with Crippen LogP contribution in [-0.2, 0) is 16.0 Å². The molecule has 0 saturated carbocycles. The molecule has 0 aromatic heterocycles. The van der Waals surface area contributed by atoms with Crippen molar-refractivity contribution in [2.24, 2.45) is 5.92 Å². The Bertz CT molecular complexity index is 538. The number of rotatable bonds is 10. The summed E-state index contributed by atoms with van der Waals surface area (Å²) in [5, 5.41) is 7.49. The number of aryl methyl sites for hydroxylation is 1. The normalized spacial score (nSPS) is 12.3. The Hall–Kier alpha value is -1.88. The Morgan fingerprint density at radius 3 is 2.20 bits per heavy atom. The van der Waals surface area contributed by atoms with Crippen LogP contribution in [0, 0.1) is 5.92 Å². The van der Waals surface area contributed by atoms with E-state index >= 15 is 0 Å². The average Bonchev–Trinajstić information content (AvgIpc) is 2.54. The van der Waals surface area contributed by atoms with Crippen molar-refractivity contribution in [3.63, 3.8) is 0 Å². The van der Waals surface area contributed by atoms with E-state index in [1.54, 1.807) is 0 Å². The minimum Gasteiger partial charge on any atom is -0.352 e. The van der Waals surface area contributed by atoms with Crippen LogP contribution in [0.15, 0.2) is 24.3 Å². The third kappa shape index (κ3) is 8.16. The Balaban J connectivity index is 2.52. The summed E-state index contributed by atoms with van der Waals surface area (Å²) >= 11 is 0. The maximum absolute atomic E-state index is 12.0. The van der Waals surface area contributed by atoms with Crippen molar-refractivity contribution < 1.29 is 14.9 Å². The summed E-state index contributed by atoms with van der Waals surface area (Å²) in [5.41, 5.74) is 2.59. The van der Waals surface area contributed by atoms with E-state index < -0.39 is 0 Å². The fourth-order valence-corrected chi connectivity index (χ4v) is 2.85. The van der Waals surface area contributed by atoms with E-state index in [-0.39, 0.29) is 30.4 Å². The van der Waals surface area contributed by atoms with Crippen molar-refractivity contribution in [2.75, 3.05) is 13.1 Å². The highest BCUT2D eigenvalue weighted by atomic mass is 16.2. The zero-order valence-corrected chi connectivity index (χ0v) is 16.3. The third-order valence-electron chi connectivity index (χ3n) is 4.07. The fraction of sp³-hybridized carbons (Fsp3) is 0.600. The number of hydrogen-bond acceptors (Lipinski definition) is 2. The lowest BCUT2D eigenvalue weighted by atomic mass is 9.94. The highest BCUT2D eigenvalue weighted by Gasteiger charge is 2.20. The van der Waals surface area contributed by atoms with Gasteiger partial charge in [0.15, 0.2) is 6.54 Å². The van der Waals surface area contributed by atoms with Crippen LogP contribution in [-0.4, -0.2) is 30.9 Å². The summed E-state index contributed by atoms with van der Waals surface area (Å²) in [5.74, 6) is 0.136. The first-order valence-corrected chi connectivity index (χ1v) is 9.31. The molecule has 0 spiro atoms. The predicted octanol–water partition coefficient (Wildman–Crippen LogP) is 1.54. The number of carbonyl (C=O) groups is 2. The van der Waals surface area contributed by atoms with Crippen LogP contribution in [0.5, 0.6) is 0 Å². The molecule has 1 atom stereocenters. The topological polar surface area (TPSA) is 74.8 Å². The number of quaternary nitrogens is 1. The smallest absolute Gasteiger partial charge is 0.275 e. The van der Waals surface area contributed by atoms with Gasteiger partial charge in [-0.05, 0) is 25.8 Å². The molecule has 140 valence electrons. The van der Waals surface area contributed by atoms with Crippen molar-refractivity contribution in [1.29, 1.82) is 0 Å². The summed E-state index contributed by atoms with van der Waals surface area (Å²) in [7, 11) is 0. The molecular weight excluding hydrogens is 314 g/mol. The SMILES string of the molecule is CCCc1ccc([C@@H]([NH2+]CC(=O)NCC(=O)NC(C)C)C(C)C)cc1. The van der Waals surface area contributed by atoms with Crippen molar-refractivity contribution in [3.05, 3.63) is 35.4 Å². The number of nitrogens with two attached hydrogens (primary N) is 1. The van der Waals surface area contributed by atoms with E-state index in [2.05, 4.69) is 61.0 Å². The molecule has 25 heavy (non-hydrogen) atoms. The minimum absolute atomic E-state index is 0.0307. The summed E-state index contributed by atoms with van der Waals surface area (Å²) in [4.78, 5) is 23.6. The van der Waals surface area contributed by atoms with Gasteiger partial charge in [0.05, 0.1) is 6.54 Å². The molecule has 5 nitrogen and oxygen atoms in total. The summed E-state index contributed by atoms with van der Waals surface area (Å²) in [6.07, 6.45) is 2.24. The highest BCUT2D eigenvalue weighted by molar-refractivity contribution is 5.85. The quantitative estimate of drug-likeness (QED) is 0.600. The van der Waals surface area contributed by atoms with Gasteiger partial charge in [0.1, 0.15) is 6.04 Å². The molecule has 0 saturated heterocycles. The van der Waals surface area contributed by atoms with Gasteiger partial charge >= 0.3 is 0 Å². The standard InChI is InChI=1S/C20H33N3O2/c1-6-7-16-8-10-17(11-9-16)20(14(2)3)22-12-18(24)21-13-19(25)23-15(4)5/h8-11,14-15,20,22H,6-7,12-13H2,1-5H3,(H,21,24)(H,23,25)/p+1/t20-/m0/s1. The maximum atomic E-state index is 12.0. The van der Waals surface area contributed by atoms with Crippen LogP contribution in [0.2, 0.25) is 0 Å². The molecule has 1 aromatic carbocycles. The second-order valence-corrected chi connectivity index (χ2v) is 7.20. The molecule has 0 bridgehead atoms. The van der Waals surface area contributed by atoms with Gasteiger partial charge in [0.25, 0.3) is 5.91 Å². The highest BCUT2D eigenvalue weighted by Crippen LogP contribution is 2.18. The summed E-state index contributed by atoms with van der Waals surface area (Å²) < 4.78 is 0. The van der Waals surface area contributed by atoms with Gasteiger partial charge < -0.3 is 16.0 Å². The Morgan fingerprint density at radius 2 is 1.68 bits per heavy atom. The van der Waals surface area contributed by atoms with Gasteiger partial charge in [-0.15, -0.1) is 0 Å². The lowest BCUT2D eigenvalue weighted by Crippen LogP contribution is -2.88.